The summed E-state index contributed by atoms with van der Waals surface area (Å²) in [6.45, 7) is 10.2. The van der Waals surface area contributed by atoms with Crippen LogP contribution < -0.4 is 15.2 Å². The molecule has 0 bridgehead atoms. The van der Waals surface area contributed by atoms with Gasteiger partial charge in [0.2, 0.25) is 5.36 Å². The second-order valence-electron chi connectivity index (χ2n) is 15.3. The summed E-state index contributed by atoms with van der Waals surface area (Å²) in [5, 5.41) is 8.92. The number of amides is 1. The number of carbonyl (C=O) groups excluding carboxylic acids is 2. The quantitative estimate of drug-likeness (QED) is 0.0167. The van der Waals surface area contributed by atoms with Crippen molar-refractivity contribution in [1.29, 1.82) is 0 Å². The van der Waals surface area contributed by atoms with E-state index >= 15 is 0 Å². The van der Waals surface area contributed by atoms with E-state index in [9.17, 15) is 35.5 Å². The zero-order chi connectivity index (χ0) is 41.4. The smallest absolute Gasteiger partial charge is 0.309 e. The number of carbonyl (C=O) groups is 2. The molecular formula is C38H46N3O13S3+. The number of hydrogen-bond donors (Lipinski definition) is 4. The van der Waals surface area contributed by atoms with Gasteiger partial charge in [0.15, 0.2) is 6.54 Å². The summed E-state index contributed by atoms with van der Waals surface area (Å²) in [7, 11) is -9.10. The van der Waals surface area contributed by atoms with Crippen LogP contribution in [0, 0.1) is 19.8 Å². The molecule has 6 rings (SSSR count). The fourth-order valence-electron chi connectivity index (χ4n) is 7.29. The third-order valence-electron chi connectivity index (χ3n) is 10.0. The molecule has 2 saturated heterocycles. The Morgan fingerprint density at radius 1 is 1.00 bits per heavy atom. The van der Waals surface area contributed by atoms with E-state index in [1.54, 1.807) is 50.8 Å². The maximum atomic E-state index is 14.6. The van der Waals surface area contributed by atoms with Crippen LogP contribution in [0.4, 0.5) is 5.69 Å². The molecule has 19 heteroatoms. The number of rotatable bonds is 12. The molecular weight excluding hydrogens is 803 g/mol. The Morgan fingerprint density at radius 2 is 1.72 bits per heavy atom. The van der Waals surface area contributed by atoms with Crippen molar-refractivity contribution >= 4 is 61.7 Å². The molecule has 0 radical (unpaired) electrons. The number of nitrogens with zero attached hydrogens (tertiary/aromatic N) is 2. The lowest BCUT2D eigenvalue weighted by atomic mass is 9.88. The van der Waals surface area contributed by atoms with E-state index in [0.29, 0.717) is 64.7 Å². The van der Waals surface area contributed by atoms with Gasteiger partial charge in [0.1, 0.15) is 21.8 Å². The molecule has 0 aromatic heterocycles. The van der Waals surface area contributed by atoms with E-state index in [2.05, 4.69) is 27.6 Å². The van der Waals surface area contributed by atoms with Crippen molar-refractivity contribution in [3.8, 4) is 22.5 Å². The highest BCUT2D eigenvalue weighted by Gasteiger charge is 2.38. The fraction of sp³-hybridized carbons (Fsp3) is 0.447. The number of aryl methyl sites for hydroxylation is 2. The highest BCUT2D eigenvalue weighted by atomic mass is 32.2. The first-order chi connectivity index (χ1) is 26.8. The van der Waals surface area contributed by atoms with Gasteiger partial charge >= 0.3 is 5.97 Å². The van der Waals surface area contributed by atoms with E-state index in [0.717, 1.165) is 5.56 Å². The number of nitrogens with one attached hydrogen (secondary N) is 1. The lowest BCUT2D eigenvalue weighted by molar-refractivity contribution is -0.488. The summed E-state index contributed by atoms with van der Waals surface area (Å²) in [5.74, 6) is -1.38. The SMILES string of the molecule is Cc1cc2c(-c3c(C(=O)N4CCC(C(=O)OC(C)(C)C)CC4)cccc3S(=O)(=O)O)c3cc(C)c(=[N+]4CCC4OOOS)cc-3oc2cc1NCCCS(=O)(=O)O. The van der Waals surface area contributed by atoms with Gasteiger partial charge in [-0.25, -0.2) is 0 Å². The van der Waals surface area contributed by atoms with Crippen LogP contribution in [-0.4, -0.2) is 86.5 Å². The zero-order valence-electron chi connectivity index (χ0n) is 32.1. The maximum absolute atomic E-state index is 14.6. The van der Waals surface area contributed by atoms with Gasteiger partial charge in [-0.1, -0.05) is 6.07 Å². The number of thiol groups is 1. The van der Waals surface area contributed by atoms with Crippen LogP contribution in [0.2, 0.25) is 0 Å². The van der Waals surface area contributed by atoms with Crippen molar-refractivity contribution in [1.82, 2.24) is 9.48 Å². The van der Waals surface area contributed by atoms with Crippen molar-refractivity contribution in [3.05, 3.63) is 64.5 Å². The van der Waals surface area contributed by atoms with E-state index < -0.39 is 54.5 Å². The summed E-state index contributed by atoms with van der Waals surface area (Å²) >= 11 is 3.56. The Labute approximate surface area is 336 Å². The normalized spacial score (nSPS) is 17.8. The van der Waals surface area contributed by atoms with Gasteiger partial charge in [-0.2, -0.15) is 21.4 Å². The highest BCUT2D eigenvalue weighted by Crippen LogP contribution is 2.45. The summed E-state index contributed by atoms with van der Waals surface area (Å²) in [6, 6.07) is 11.2. The number of piperidine rings is 1. The Bertz CT molecular complexity index is 2470. The van der Waals surface area contributed by atoms with Crippen LogP contribution in [0.15, 0.2) is 51.8 Å². The van der Waals surface area contributed by atoms with Crippen molar-refractivity contribution < 1.29 is 58.9 Å². The van der Waals surface area contributed by atoms with Crippen molar-refractivity contribution in [3.63, 3.8) is 0 Å². The first-order valence-electron chi connectivity index (χ1n) is 18.3. The van der Waals surface area contributed by atoms with Gasteiger partial charge in [-0.15, -0.1) is 9.22 Å². The Hall–Kier alpha value is -4.08. The lowest BCUT2D eigenvalue weighted by Gasteiger charge is -2.33. The maximum Gasteiger partial charge on any atom is 0.309 e. The highest BCUT2D eigenvalue weighted by molar-refractivity contribution is 7.86. The molecule has 2 aromatic rings. The Morgan fingerprint density at radius 3 is 2.33 bits per heavy atom. The van der Waals surface area contributed by atoms with E-state index in [1.165, 1.54) is 18.2 Å². The van der Waals surface area contributed by atoms with Crippen LogP contribution in [0.25, 0.3) is 33.4 Å². The third-order valence-corrected chi connectivity index (χ3v) is 11.8. The molecule has 1 amide bonds. The molecule has 1 atom stereocenters. The molecule has 2 fully saturated rings. The lowest BCUT2D eigenvalue weighted by Crippen LogP contribution is -2.52. The Balaban J connectivity index is 1.54. The van der Waals surface area contributed by atoms with Crippen LogP contribution >= 0.6 is 12.9 Å². The minimum atomic E-state index is -4.93. The second-order valence-corrected chi connectivity index (χ2v) is 18.4. The minimum Gasteiger partial charge on any atom is -0.460 e. The van der Waals surface area contributed by atoms with Crippen LogP contribution in [-0.2, 0) is 44.0 Å². The second kappa shape index (κ2) is 16.6. The van der Waals surface area contributed by atoms with Crippen LogP contribution in [0.1, 0.15) is 67.9 Å². The summed E-state index contributed by atoms with van der Waals surface area (Å²) in [4.78, 5) is 33.8. The number of anilines is 1. The van der Waals surface area contributed by atoms with Gasteiger partial charge in [0.05, 0.1) is 24.2 Å². The fourth-order valence-corrected chi connectivity index (χ4v) is 8.56. The standard InChI is InChI=1S/C38H45N3O13S3/c1-22-18-26-30(20-28(22)39-13-7-17-56(44,45)46)50-31-21-29(41-16-12-33(41)52-53-54-55)23(2)19-27(31)34(26)35-25(8-6-9-32(35)57(47,48)49)36(42)40-14-10-24(11-15-40)37(43)51-38(3,4)5/h6,8-9,18-21,24,33H,7,10-17H2,1-5H3,(H3,44,45,46,47,48,49,55)/p+1. The molecule has 1 unspecified atom stereocenters. The molecule has 3 heterocycles. The number of hydrogen-bond acceptors (Lipinski definition) is 13. The summed E-state index contributed by atoms with van der Waals surface area (Å²) < 4.78 is 87.4. The first-order valence-corrected chi connectivity index (χ1v) is 21.7. The topological polar surface area (TPSA) is 211 Å². The predicted octanol–water partition coefficient (Wildman–Crippen LogP) is 5.18. The zero-order valence-corrected chi connectivity index (χ0v) is 34.6. The van der Waals surface area contributed by atoms with Crippen molar-refractivity contribution in [2.24, 2.45) is 5.92 Å². The predicted molar refractivity (Wildman–Crippen MR) is 212 cm³/mol. The third kappa shape index (κ3) is 9.63. The summed E-state index contributed by atoms with van der Waals surface area (Å²) in [6.07, 6.45) is 0.902. The molecule has 308 valence electrons. The van der Waals surface area contributed by atoms with Crippen molar-refractivity contribution in [2.75, 3.05) is 37.2 Å². The molecule has 0 saturated carbocycles. The molecule has 57 heavy (non-hydrogen) atoms. The van der Waals surface area contributed by atoms with E-state index in [1.807, 2.05) is 17.6 Å². The van der Waals surface area contributed by atoms with Gasteiger partial charge in [-0.05, 0) is 88.7 Å². The van der Waals surface area contributed by atoms with Crippen LogP contribution in [0.5, 0.6) is 0 Å². The number of ether oxygens (including phenoxy) is 1. The molecule has 3 N–H and O–H groups in total. The number of likely N-dealkylation sites (tertiary alicyclic amines) is 1. The molecule has 0 spiro atoms. The van der Waals surface area contributed by atoms with Gasteiger partial charge in [0, 0.05) is 77.5 Å². The van der Waals surface area contributed by atoms with E-state index in [-0.39, 0.29) is 48.7 Å². The summed E-state index contributed by atoms with van der Waals surface area (Å²) in [5.41, 5.74) is 2.34. The molecule has 4 aliphatic rings. The van der Waals surface area contributed by atoms with Gasteiger partial charge in [0.25, 0.3) is 32.4 Å². The average molecular weight is 849 g/mol. The largest absolute Gasteiger partial charge is 0.460 e. The number of fused-ring (bicyclic) bond motifs is 2. The minimum absolute atomic E-state index is 0.0153. The van der Waals surface area contributed by atoms with Crippen LogP contribution in [0.3, 0.4) is 0 Å². The molecule has 3 aliphatic heterocycles. The monoisotopic (exact) mass is 848 g/mol. The first kappa shape index (κ1) is 42.5. The van der Waals surface area contributed by atoms with Gasteiger partial charge < -0.3 is 19.4 Å². The van der Waals surface area contributed by atoms with Gasteiger partial charge in [-0.3, -0.25) is 18.7 Å². The molecule has 16 nitrogen and oxygen atoms in total. The van der Waals surface area contributed by atoms with Crippen molar-refractivity contribution in [2.45, 2.75) is 77.0 Å². The molecule has 2 aromatic carbocycles. The molecule has 1 aliphatic carbocycles. The van der Waals surface area contributed by atoms with E-state index in [4.69, 9.17) is 14.0 Å². The number of esters is 1. The average Bonchev–Trinajstić information content (AvgIpc) is 3.11. The Kier molecular flexibility index (Phi) is 12.4. The number of benzene rings is 3.